The van der Waals surface area contributed by atoms with Crippen molar-refractivity contribution in [1.29, 1.82) is 0 Å². The monoisotopic (exact) mass is 302 g/mol. The Morgan fingerprint density at radius 1 is 0.952 bits per heavy atom. The zero-order valence-corrected chi connectivity index (χ0v) is 13.5. The second-order valence-corrected chi connectivity index (χ2v) is 5.91. The number of nitrogens with one attached hydrogen (secondary N) is 1. The summed E-state index contributed by atoms with van der Waals surface area (Å²) in [5.41, 5.74) is 3.97. The van der Waals surface area contributed by atoms with Gasteiger partial charge in [-0.2, -0.15) is 0 Å². The van der Waals surface area contributed by atoms with E-state index in [0.29, 0.717) is 0 Å². The van der Waals surface area contributed by atoms with Gasteiger partial charge in [0.05, 0.1) is 0 Å². The van der Waals surface area contributed by atoms with Gasteiger partial charge in [-0.1, -0.05) is 48.0 Å². The third-order valence-electron chi connectivity index (χ3n) is 3.48. The maximum Gasteiger partial charge on any atom is 0.0409 e. The van der Waals surface area contributed by atoms with E-state index in [-0.39, 0.29) is 0 Å². The van der Waals surface area contributed by atoms with Crippen LogP contribution in [0.25, 0.3) is 0 Å². The zero-order valence-electron chi connectivity index (χ0n) is 12.8. The van der Waals surface area contributed by atoms with Gasteiger partial charge in [0.1, 0.15) is 0 Å². The normalized spacial score (nSPS) is 11.0. The number of hydrogen-bond donors (Lipinski definition) is 1. The Labute approximate surface area is 132 Å². The first-order chi connectivity index (χ1) is 10.2. The summed E-state index contributed by atoms with van der Waals surface area (Å²) in [5, 5.41) is 3.98. The highest BCUT2D eigenvalue weighted by molar-refractivity contribution is 6.30. The van der Waals surface area contributed by atoms with Crippen LogP contribution in [0.1, 0.15) is 16.7 Å². The Kier molecular flexibility index (Phi) is 6.24. The largest absolute Gasteiger partial charge is 0.319 e. The smallest absolute Gasteiger partial charge is 0.0409 e. The van der Waals surface area contributed by atoms with Gasteiger partial charge in [0, 0.05) is 18.1 Å². The molecule has 1 N–H and O–H groups in total. The van der Waals surface area contributed by atoms with Gasteiger partial charge in [-0.15, -0.1) is 0 Å². The van der Waals surface area contributed by atoms with Crippen LogP contribution in [0.3, 0.4) is 0 Å². The Hall–Kier alpha value is -1.35. The summed E-state index contributed by atoms with van der Waals surface area (Å²) in [6.07, 6.45) is 1.08. The molecule has 0 fully saturated rings. The van der Waals surface area contributed by atoms with Crippen LogP contribution in [-0.2, 0) is 19.5 Å². The van der Waals surface area contributed by atoms with E-state index in [4.69, 9.17) is 11.6 Å². The fraction of sp³-hybridized carbons (Fsp3) is 0.333. The maximum atomic E-state index is 6.02. The van der Waals surface area contributed by atoms with Gasteiger partial charge < -0.3 is 5.32 Å². The number of likely N-dealkylation sites (N-methyl/N-ethyl adjacent to an activating group) is 1. The van der Waals surface area contributed by atoms with Crippen LogP contribution in [0.2, 0.25) is 5.02 Å². The molecule has 0 atom stereocenters. The highest BCUT2D eigenvalue weighted by atomic mass is 35.5. The minimum atomic E-state index is 0.801. The Morgan fingerprint density at radius 2 is 1.62 bits per heavy atom. The standard InChI is InChI=1S/C18H23ClN2/c1-20-11-10-15-6-8-16(9-7-15)13-21(2)14-17-4-3-5-18(19)12-17/h3-9,12,20H,10-11,13-14H2,1-2H3. The van der Waals surface area contributed by atoms with E-state index in [1.54, 1.807) is 0 Å². The first kappa shape index (κ1) is 16.0. The Balaban J connectivity index is 1.88. The molecule has 2 rings (SSSR count). The number of nitrogens with zero attached hydrogens (tertiary/aromatic N) is 1. The molecule has 0 unspecified atom stereocenters. The molecule has 112 valence electrons. The van der Waals surface area contributed by atoms with E-state index in [2.05, 4.69) is 47.6 Å². The molecule has 0 saturated heterocycles. The van der Waals surface area contributed by atoms with E-state index in [9.17, 15) is 0 Å². The molecule has 0 aliphatic carbocycles. The van der Waals surface area contributed by atoms with E-state index >= 15 is 0 Å². The first-order valence-electron chi connectivity index (χ1n) is 7.33. The van der Waals surface area contributed by atoms with E-state index < -0.39 is 0 Å². The molecular formula is C18H23ClN2. The highest BCUT2D eigenvalue weighted by Crippen LogP contribution is 2.14. The molecule has 21 heavy (non-hydrogen) atoms. The molecule has 0 spiro atoms. The Bertz CT molecular complexity index is 551. The number of hydrogen-bond acceptors (Lipinski definition) is 2. The molecule has 0 bridgehead atoms. The van der Waals surface area contributed by atoms with E-state index in [1.807, 2.05) is 25.2 Å². The van der Waals surface area contributed by atoms with Gasteiger partial charge in [-0.05, 0) is 55.9 Å². The van der Waals surface area contributed by atoms with Crippen molar-refractivity contribution < 1.29 is 0 Å². The average Bonchev–Trinajstić information content (AvgIpc) is 2.46. The molecule has 0 radical (unpaired) electrons. The lowest BCUT2D eigenvalue weighted by Crippen LogP contribution is -2.17. The van der Waals surface area contributed by atoms with Crippen LogP contribution in [0, 0.1) is 0 Å². The predicted octanol–water partition coefficient (Wildman–Crippen LogP) is 3.73. The number of rotatable bonds is 7. The van der Waals surface area contributed by atoms with Gasteiger partial charge in [0.2, 0.25) is 0 Å². The van der Waals surface area contributed by atoms with Crippen LogP contribution in [0.4, 0.5) is 0 Å². The van der Waals surface area contributed by atoms with Crippen molar-refractivity contribution in [2.45, 2.75) is 19.5 Å². The molecule has 2 nitrogen and oxygen atoms in total. The molecular weight excluding hydrogens is 280 g/mol. The zero-order chi connectivity index (χ0) is 15.1. The average molecular weight is 303 g/mol. The molecule has 0 heterocycles. The van der Waals surface area contributed by atoms with Crippen molar-refractivity contribution in [2.75, 3.05) is 20.6 Å². The summed E-state index contributed by atoms with van der Waals surface area (Å²) >= 11 is 6.02. The second kappa shape index (κ2) is 8.18. The van der Waals surface area contributed by atoms with Gasteiger partial charge >= 0.3 is 0 Å². The van der Waals surface area contributed by atoms with Gasteiger partial charge in [0.25, 0.3) is 0 Å². The number of benzene rings is 2. The van der Waals surface area contributed by atoms with Crippen molar-refractivity contribution in [3.8, 4) is 0 Å². The topological polar surface area (TPSA) is 15.3 Å². The van der Waals surface area contributed by atoms with Crippen molar-refractivity contribution in [2.24, 2.45) is 0 Å². The fourth-order valence-electron chi connectivity index (χ4n) is 2.40. The minimum Gasteiger partial charge on any atom is -0.319 e. The van der Waals surface area contributed by atoms with Crippen LogP contribution >= 0.6 is 11.6 Å². The molecule has 0 saturated carbocycles. The summed E-state index contributed by atoms with van der Waals surface area (Å²) in [4.78, 5) is 2.30. The minimum absolute atomic E-state index is 0.801. The SMILES string of the molecule is CNCCc1ccc(CN(C)Cc2cccc(Cl)c2)cc1. The summed E-state index contributed by atoms with van der Waals surface area (Å²) < 4.78 is 0. The van der Waals surface area contributed by atoms with Crippen molar-refractivity contribution in [1.82, 2.24) is 10.2 Å². The summed E-state index contributed by atoms with van der Waals surface area (Å²) in [5.74, 6) is 0. The molecule has 0 aliphatic rings. The van der Waals surface area contributed by atoms with Gasteiger partial charge in [0.15, 0.2) is 0 Å². The van der Waals surface area contributed by atoms with Crippen molar-refractivity contribution >= 4 is 11.6 Å². The van der Waals surface area contributed by atoms with Gasteiger partial charge in [-0.25, -0.2) is 0 Å². The summed E-state index contributed by atoms with van der Waals surface area (Å²) in [7, 11) is 4.12. The maximum absolute atomic E-state index is 6.02. The third-order valence-corrected chi connectivity index (χ3v) is 3.72. The van der Waals surface area contributed by atoms with Crippen molar-refractivity contribution in [3.05, 3.63) is 70.2 Å². The van der Waals surface area contributed by atoms with Crippen molar-refractivity contribution in [3.63, 3.8) is 0 Å². The van der Waals surface area contributed by atoms with Crippen LogP contribution in [0.5, 0.6) is 0 Å². The summed E-state index contributed by atoms with van der Waals surface area (Å²) in [6.45, 7) is 2.87. The molecule has 0 aliphatic heterocycles. The first-order valence-corrected chi connectivity index (χ1v) is 7.70. The van der Waals surface area contributed by atoms with Gasteiger partial charge in [-0.3, -0.25) is 4.90 Å². The quantitative estimate of drug-likeness (QED) is 0.838. The van der Waals surface area contributed by atoms with E-state index in [0.717, 1.165) is 31.1 Å². The molecule has 2 aromatic carbocycles. The third kappa shape index (κ3) is 5.50. The lowest BCUT2D eigenvalue weighted by molar-refractivity contribution is 0.319. The highest BCUT2D eigenvalue weighted by Gasteiger charge is 2.03. The lowest BCUT2D eigenvalue weighted by atomic mass is 10.1. The second-order valence-electron chi connectivity index (χ2n) is 5.47. The fourth-order valence-corrected chi connectivity index (χ4v) is 2.61. The number of halogens is 1. The molecule has 0 aromatic heterocycles. The van der Waals surface area contributed by atoms with Crippen LogP contribution < -0.4 is 5.32 Å². The Morgan fingerprint density at radius 3 is 2.29 bits per heavy atom. The molecule has 3 heteroatoms. The van der Waals surface area contributed by atoms with E-state index in [1.165, 1.54) is 16.7 Å². The van der Waals surface area contributed by atoms with Crippen LogP contribution in [0.15, 0.2) is 48.5 Å². The lowest BCUT2D eigenvalue weighted by Gasteiger charge is -2.17. The van der Waals surface area contributed by atoms with Crippen LogP contribution in [-0.4, -0.2) is 25.5 Å². The summed E-state index contributed by atoms with van der Waals surface area (Å²) in [6, 6.07) is 16.9. The molecule has 2 aromatic rings. The molecule has 0 amide bonds. The predicted molar refractivity (Wildman–Crippen MR) is 90.7 cm³/mol.